The van der Waals surface area contributed by atoms with Crippen LogP contribution in [0.25, 0.3) is 0 Å². The lowest BCUT2D eigenvalue weighted by molar-refractivity contribution is -0.137. The summed E-state index contributed by atoms with van der Waals surface area (Å²) in [7, 11) is 0. The molecule has 1 aliphatic rings. The molecular weight excluding hydrogens is 291 g/mol. The minimum Gasteiger partial charge on any atom is -0.392 e. The van der Waals surface area contributed by atoms with Crippen molar-refractivity contribution in [1.29, 1.82) is 0 Å². The smallest absolute Gasteiger partial charge is 0.392 e. The predicted molar refractivity (Wildman–Crippen MR) is 74.1 cm³/mol. The number of hydrogen-bond donors (Lipinski definition) is 0. The summed E-state index contributed by atoms with van der Waals surface area (Å²) < 4.78 is 38.1. The minimum absolute atomic E-state index is 0.0781. The topological polar surface area (TPSA) is 21.6 Å². The number of rotatable bonds is 2. The first-order valence-corrected chi connectivity index (χ1v) is 6.90. The van der Waals surface area contributed by atoms with Crippen molar-refractivity contribution in [2.75, 3.05) is 0 Å². The molecule has 112 valence electrons. The number of oxime groups is 1. The number of nitrogens with zero attached hydrogens (tertiary/aromatic N) is 1. The molecule has 0 amide bonds. The van der Waals surface area contributed by atoms with E-state index in [0.717, 1.165) is 12.5 Å². The molecule has 1 aromatic carbocycles. The summed E-state index contributed by atoms with van der Waals surface area (Å²) in [6, 6.07) is 3.81. The molecule has 0 bridgehead atoms. The second-order valence-electron chi connectivity index (χ2n) is 4.04. The van der Waals surface area contributed by atoms with Gasteiger partial charge in [0.25, 0.3) is 0 Å². The summed E-state index contributed by atoms with van der Waals surface area (Å²) in [4.78, 5) is 5.10. The van der Waals surface area contributed by atoms with Gasteiger partial charge in [0.05, 0.1) is 16.3 Å². The van der Waals surface area contributed by atoms with Crippen molar-refractivity contribution in [2.45, 2.75) is 45.9 Å². The third-order valence-corrected chi connectivity index (χ3v) is 3.21. The Kier molecular flexibility index (Phi) is 5.87. The Labute approximate surface area is 121 Å². The summed E-state index contributed by atoms with van der Waals surface area (Å²) in [5.74, 6) is 0. The summed E-state index contributed by atoms with van der Waals surface area (Å²) in [5.41, 5.74) is -0.0790. The lowest BCUT2D eigenvalue weighted by atomic mass is 10.0. The van der Waals surface area contributed by atoms with Crippen LogP contribution in [0, 0.1) is 0 Å². The molecular formula is C14H17ClF3NO. The van der Waals surface area contributed by atoms with E-state index in [-0.39, 0.29) is 11.1 Å². The lowest BCUT2D eigenvalue weighted by Crippen LogP contribution is -2.11. The summed E-state index contributed by atoms with van der Waals surface area (Å²) >= 11 is 5.81. The highest BCUT2D eigenvalue weighted by Gasteiger charge is 2.35. The van der Waals surface area contributed by atoms with E-state index in [1.165, 1.54) is 12.1 Å². The van der Waals surface area contributed by atoms with Crippen molar-refractivity contribution in [2.24, 2.45) is 5.16 Å². The van der Waals surface area contributed by atoms with Crippen LogP contribution in [0.5, 0.6) is 0 Å². The van der Waals surface area contributed by atoms with E-state index in [1.807, 2.05) is 20.8 Å². The zero-order valence-electron chi connectivity index (χ0n) is 11.6. The van der Waals surface area contributed by atoms with Crippen LogP contribution < -0.4 is 0 Å². The second-order valence-corrected chi connectivity index (χ2v) is 4.42. The Bertz CT molecular complexity index is 486. The Balaban J connectivity index is 0.000000956. The number of alkyl halides is 3. The van der Waals surface area contributed by atoms with Gasteiger partial charge in [-0.25, -0.2) is 0 Å². The highest BCUT2D eigenvalue weighted by atomic mass is 35.5. The molecule has 0 spiro atoms. The normalized spacial score (nSPS) is 17.9. The molecule has 0 aliphatic carbocycles. The number of benzene rings is 1. The highest BCUT2D eigenvalue weighted by molar-refractivity contribution is 6.35. The van der Waals surface area contributed by atoms with E-state index in [1.54, 1.807) is 0 Å². The molecule has 0 saturated carbocycles. The summed E-state index contributed by atoms with van der Waals surface area (Å²) in [6.07, 6.45) is -3.30. The molecule has 20 heavy (non-hydrogen) atoms. The van der Waals surface area contributed by atoms with Gasteiger partial charge in [0.2, 0.25) is 0 Å². The SMILES string of the molecule is CC.CCC1CC(c2cccc(C(F)(F)F)c2Cl)=NO1. The van der Waals surface area contributed by atoms with E-state index in [2.05, 4.69) is 5.16 Å². The second kappa shape index (κ2) is 6.97. The fourth-order valence-electron chi connectivity index (χ4n) is 1.78. The van der Waals surface area contributed by atoms with Gasteiger partial charge in [0.15, 0.2) is 0 Å². The average molecular weight is 308 g/mol. The fourth-order valence-corrected chi connectivity index (χ4v) is 2.12. The molecule has 0 N–H and O–H groups in total. The molecule has 0 radical (unpaired) electrons. The van der Waals surface area contributed by atoms with Crippen LogP contribution in [-0.4, -0.2) is 11.8 Å². The van der Waals surface area contributed by atoms with Gasteiger partial charge < -0.3 is 4.84 Å². The van der Waals surface area contributed by atoms with Gasteiger partial charge in [0, 0.05) is 12.0 Å². The Morgan fingerprint density at radius 3 is 2.50 bits per heavy atom. The maximum Gasteiger partial charge on any atom is 0.417 e. The van der Waals surface area contributed by atoms with Crippen molar-refractivity contribution >= 4 is 17.3 Å². The average Bonchev–Trinajstić information content (AvgIpc) is 2.88. The van der Waals surface area contributed by atoms with Crippen molar-refractivity contribution in [1.82, 2.24) is 0 Å². The molecule has 2 nitrogen and oxygen atoms in total. The van der Waals surface area contributed by atoms with E-state index in [0.29, 0.717) is 17.7 Å². The van der Waals surface area contributed by atoms with Crippen LogP contribution in [0.1, 0.15) is 44.7 Å². The van der Waals surface area contributed by atoms with Crippen LogP contribution in [0.4, 0.5) is 13.2 Å². The zero-order valence-corrected chi connectivity index (χ0v) is 12.3. The fraction of sp³-hybridized carbons (Fsp3) is 0.500. The molecule has 1 heterocycles. The lowest BCUT2D eigenvalue weighted by Gasteiger charge is -2.11. The van der Waals surface area contributed by atoms with E-state index in [9.17, 15) is 13.2 Å². The first-order chi connectivity index (χ1) is 9.43. The van der Waals surface area contributed by atoms with Gasteiger partial charge >= 0.3 is 6.18 Å². The van der Waals surface area contributed by atoms with E-state index < -0.39 is 11.7 Å². The molecule has 1 atom stereocenters. The predicted octanol–water partition coefficient (Wildman–Crippen LogP) is 5.29. The number of hydrogen-bond acceptors (Lipinski definition) is 2. The van der Waals surface area contributed by atoms with Crippen LogP contribution in [0.15, 0.2) is 23.4 Å². The molecule has 6 heteroatoms. The monoisotopic (exact) mass is 307 g/mol. The maximum absolute atomic E-state index is 12.7. The maximum atomic E-state index is 12.7. The summed E-state index contributed by atoms with van der Waals surface area (Å²) in [6.45, 7) is 5.93. The molecule has 0 aromatic heterocycles. The van der Waals surface area contributed by atoms with Gasteiger partial charge in [-0.15, -0.1) is 0 Å². The van der Waals surface area contributed by atoms with Crippen molar-refractivity contribution < 1.29 is 18.0 Å². The quantitative estimate of drug-likeness (QED) is 0.727. The third kappa shape index (κ3) is 3.66. The Morgan fingerprint density at radius 2 is 2.00 bits per heavy atom. The van der Waals surface area contributed by atoms with Gasteiger partial charge in [-0.2, -0.15) is 13.2 Å². The van der Waals surface area contributed by atoms with Crippen LogP contribution >= 0.6 is 11.6 Å². The van der Waals surface area contributed by atoms with Gasteiger partial charge in [-0.05, 0) is 12.5 Å². The first kappa shape index (κ1) is 16.8. The van der Waals surface area contributed by atoms with Crippen molar-refractivity contribution in [3.8, 4) is 0 Å². The van der Waals surface area contributed by atoms with E-state index >= 15 is 0 Å². The van der Waals surface area contributed by atoms with E-state index in [4.69, 9.17) is 16.4 Å². The van der Waals surface area contributed by atoms with Crippen molar-refractivity contribution in [3.05, 3.63) is 34.3 Å². The molecule has 1 aromatic rings. The molecule has 2 rings (SSSR count). The molecule has 0 saturated heterocycles. The van der Waals surface area contributed by atoms with Gasteiger partial charge in [-0.1, -0.05) is 49.7 Å². The highest BCUT2D eigenvalue weighted by Crippen LogP contribution is 2.37. The van der Waals surface area contributed by atoms with Crippen LogP contribution in [0.2, 0.25) is 5.02 Å². The van der Waals surface area contributed by atoms with Crippen LogP contribution in [0.3, 0.4) is 0 Å². The van der Waals surface area contributed by atoms with Gasteiger partial charge in [0.1, 0.15) is 6.10 Å². The standard InChI is InChI=1S/C12H11ClF3NO.C2H6/c1-2-7-6-10(17-18-7)8-4-3-5-9(11(8)13)12(14,15)16;1-2/h3-5,7H,2,6H2,1H3;1-2H3. The Morgan fingerprint density at radius 1 is 1.35 bits per heavy atom. The Hall–Kier alpha value is -1.23. The minimum atomic E-state index is -4.46. The largest absolute Gasteiger partial charge is 0.417 e. The van der Waals surface area contributed by atoms with Gasteiger partial charge in [-0.3, -0.25) is 0 Å². The summed E-state index contributed by atoms with van der Waals surface area (Å²) in [5, 5.41) is 3.49. The molecule has 1 aliphatic heterocycles. The van der Waals surface area contributed by atoms with Crippen molar-refractivity contribution in [3.63, 3.8) is 0 Å². The molecule has 0 fully saturated rings. The van der Waals surface area contributed by atoms with Crippen LogP contribution in [-0.2, 0) is 11.0 Å². The zero-order chi connectivity index (χ0) is 15.3. The molecule has 1 unspecified atom stereocenters. The number of halogens is 4. The first-order valence-electron chi connectivity index (χ1n) is 6.52. The third-order valence-electron chi connectivity index (χ3n) is 2.80.